The molecule has 2 rings (SSSR count). The summed E-state index contributed by atoms with van der Waals surface area (Å²) in [6, 6.07) is 4.65. The lowest BCUT2D eigenvalue weighted by Gasteiger charge is -2.30. The van der Waals surface area contributed by atoms with Crippen molar-refractivity contribution in [2.45, 2.75) is 39.8 Å². The normalized spacial score (nSPS) is 24.0. The van der Waals surface area contributed by atoms with E-state index in [1.165, 1.54) is 16.7 Å². The van der Waals surface area contributed by atoms with Crippen LogP contribution in [0.2, 0.25) is 0 Å². The Morgan fingerprint density at radius 1 is 1.33 bits per heavy atom. The third kappa shape index (κ3) is 2.85. The molecule has 0 amide bonds. The van der Waals surface area contributed by atoms with E-state index in [-0.39, 0.29) is 0 Å². The van der Waals surface area contributed by atoms with Crippen LogP contribution in [-0.4, -0.2) is 25.9 Å². The van der Waals surface area contributed by atoms with Crippen LogP contribution >= 0.6 is 0 Å². The average molecular weight is 249 g/mol. The lowest BCUT2D eigenvalue weighted by atomic mass is 9.97. The summed E-state index contributed by atoms with van der Waals surface area (Å²) in [6.45, 7) is 10.7. The van der Waals surface area contributed by atoms with Gasteiger partial charge in [0.1, 0.15) is 5.75 Å². The molecule has 1 N–H and O–H groups in total. The number of aryl methyl sites for hydroxylation is 2. The van der Waals surface area contributed by atoms with Gasteiger partial charge in [-0.15, -0.1) is 0 Å². The second kappa shape index (κ2) is 5.72. The predicted octanol–water partition coefficient (Wildman–Crippen LogP) is 2.75. The fourth-order valence-electron chi connectivity index (χ4n) is 2.38. The smallest absolute Gasteiger partial charge is 0.122 e. The summed E-state index contributed by atoms with van der Waals surface area (Å²) in [5.41, 5.74) is 3.78. The van der Waals surface area contributed by atoms with Crippen molar-refractivity contribution < 1.29 is 9.47 Å². The number of morpholine rings is 1. The lowest BCUT2D eigenvalue weighted by Crippen LogP contribution is -2.39. The minimum absolute atomic E-state index is 0.301. The van der Waals surface area contributed by atoms with Crippen LogP contribution in [0, 0.1) is 13.8 Å². The van der Waals surface area contributed by atoms with Crippen molar-refractivity contribution in [2.75, 3.05) is 19.8 Å². The van der Waals surface area contributed by atoms with Crippen molar-refractivity contribution in [3.05, 3.63) is 28.8 Å². The van der Waals surface area contributed by atoms with Gasteiger partial charge in [-0.1, -0.05) is 6.07 Å². The molecule has 18 heavy (non-hydrogen) atoms. The minimum atomic E-state index is 0.301. The van der Waals surface area contributed by atoms with Gasteiger partial charge in [-0.3, -0.25) is 0 Å². The molecule has 1 aromatic rings. The molecule has 1 saturated heterocycles. The van der Waals surface area contributed by atoms with Crippen LogP contribution in [0.5, 0.6) is 5.75 Å². The Morgan fingerprint density at radius 2 is 2.11 bits per heavy atom. The van der Waals surface area contributed by atoms with Crippen LogP contribution < -0.4 is 10.1 Å². The van der Waals surface area contributed by atoms with Gasteiger partial charge in [0, 0.05) is 6.54 Å². The zero-order valence-corrected chi connectivity index (χ0v) is 11.7. The van der Waals surface area contributed by atoms with Crippen molar-refractivity contribution in [3.8, 4) is 5.75 Å². The molecule has 2 unspecified atom stereocenters. The zero-order chi connectivity index (χ0) is 13.1. The van der Waals surface area contributed by atoms with Crippen molar-refractivity contribution in [1.29, 1.82) is 0 Å². The second-order valence-electron chi connectivity index (χ2n) is 5.01. The Balaban J connectivity index is 2.20. The average Bonchev–Trinajstić information content (AvgIpc) is 2.35. The number of hydrogen-bond donors (Lipinski definition) is 1. The number of benzene rings is 1. The van der Waals surface area contributed by atoms with E-state index in [2.05, 4.69) is 38.2 Å². The van der Waals surface area contributed by atoms with Gasteiger partial charge < -0.3 is 14.8 Å². The summed E-state index contributed by atoms with van der Waals surface area (Å²) >= 11 is 0. The maximum atomic E-state index is 5.72. The maximum absolute atomic E-state index is 5.72. The molecular weight excluding hydrogens is 226 g/mol. The molecule has 1 aliphatic rings. The molecule has 0 aromatic heterocycles. The number of nitrogens with one attached hydrogen (secondary N) is 1. The Hall–Kier alpha value is -1.06. The Bertz CT molecular complexity index is 409. The van der Waals surface area contributed by atoms with Crippen molar-refractivity contribution in [3.63, 3.8) is 0 Å². The van der Waals surface area contributed by atoms with Gasteiger partial charge in [0.25, 0.3) is 0 Å². The molecule has 1 fully saturated rings. The number of hydrogen-bond acceptors (Lipinski definition) is 3. The summed E-state index contributed by atoms with van der Waals surface area (Å²) < 4.78 is 11.3. The van der Waals surface area contributed by atoms with Crippen LogP contribution in [0.25, 0.3) is 0 Å². The molecule has 2 atom stereocenters. The maximum Gasteiger partial charge on any atom is 0.122 e. The Kier molecular flexibility index (Phi) is 4.25. The first-order valence-electron chi connectivity index (χ1n) is 6.70. The standard InChI is InChI=1S/C15H23NO2/c1-5-17-15-7-10(2)13(6-11(15)3)14-9-18-12(4)8-16-14/h6-7,12,14,16H,5,8-9H2,1-4H3. The zero-order valence-electron chi connectivity index (χ0n) is 11.7. The van der Waals surface area contributed by atoms with Crippen molar-refractivity contribution >= 4 is 0 Å². The first-order chi connectivity index (χ1) is 8.61. The first kappa shape index (κ1) is 13.4. The molecule has 0 spiro atoms. The van der Waals surface area contributed by atoms with E-state index in [0.29, 0.717) is 18.8 Å². The molecule has 3 nitrogen and oxygen atoms in total. The first-order valence-corrected chi connectivity index (χ1v) is 6.70. The minimum Gasteiger partial charge on any atom is -0.494 e. The van der Waals surface area contributed by atoms with Gasteiger partial charge in [0.15, 0.2) is 0 Å². The van der Waals surface area contributed by atoms with Gasteiger partial charge in [-0.05, 0) is 50.5 Å². The van der Waals surface area contributed by atoms with E-state index < -0.39 is 0 Å². The van der Waals surface area contributed by atoms with E-state index in [4.69, 9.17) is 9.47 Å². The van der Waals surface area contributed by atoms with E-state index in [9.17, 15) is 0 Å². The third-order valence-corrected chi connectivity index (χ3v) is 3.44. The fourth-order valence-corrected chi connectivity index (χ4v) is 2.38. The quantitative estimate of drug-likeness (QED) is 0.893. The van der Waals surface area contributed by atoms with Crippen LogP contribution in [0.1, 0.15) is 36.6 Å². The molecule has 0 bridgehead atoms. The molecular formula is C15H23NO2. The molecule has 0 aliphatic carbocycles. The summed E-state index contributed by atoms with van der Waals surface area (Å²) in [7, 11) is 0. The summed E-state index contributed by atoms with van der Waals surface area (Å²) in [6.07, 6.45) is 0.311. The van der Waals surface area contributed by atoms with E-state index in [1.807, 2.05) is 6.92 Å². The van der Waals surface area contributed by atoms with Crippen molar-refractivity contribution in [1.82, 2.24) is 5.32 Å². The van der Waals surface area contributed by atoms with Crippen LogP contribution in [0.3, 0.4) is 0 Å². The summed E-state index contributed by atoms with van der Waals surface area (Å²) in [5.74, 6) is 0.990. The van der Waals surface area contributed by atoms with E-state index >= 15 is 0 Å². The van der Waals surface area contributed by atoms with Crippen molar-refractivity contribution in [2.24, 2.45) is 0 Å². The summed E-state index contributed by atoms with van der Waals surface area (Å²) in [5, 5.41) is 3.54. The topological polar surface area (TPSA) is 30.5 Å². The number of ether oxygens (including phenoxy) is 2. The van der Waals surface area contributed by atoms with Crippen LogP contribution in [0.15, 0.2) is 12.1 Å². The van der Waals surface area contributed by atoms with Gasteiger partial charge in [-0.25, -0.2) is 0 Å². The van der Waals surface area contributed by atoms with E-state index in [0.717, 1.165) is 18.9 Å². The van der Waals surface area contributed by atoms with Gasteiger partial charge in [0.2, 0.25) is 0 Å². The monoisotopic (exact) mass is 249 g/mol. The summed E-state index contributed by atoms with van der Waals surface area (Å²) in [4.78, 5) is 0. The highest BCUT2D eigenvalue weighted by Crippen LogP contribution is 2.28. The molecule has 0 radical (unpaired) electrons. The molecule has 0 saturated carbocycles. The highest BCUT2D eigenvalue weighted by atomic mass is 16.5. The Morgan fingerprint density at radius 3 is 2.72 bits per heavy atom. The molecule has 100 valence electrons. The highest BCUT2D eigenvalue weighted by molar-refractivity contribution is 5.43. The molecule has 1 aliphatic heterocycles. The van der Waals surface area contributed by atoms with Gasteiger partial charge >= 0.3 is 0 Å². The van der Waals surface area contributed by atoms with Gasteiger partial charge in [-0.2, -0.15) is 0 Å². The Labute approximate surface area is 109 Å². The SMILES string of the molecule is CCOc1cc(C)c(C2COC(C)CN2)cc1C. The third-order valence-electron chi connectivity index (χ3n) is 3.44. The fraction of sp³-hybridized carbons (Fsp3) is 0.600. The molecule has 3 heteroatoms. The van der Waals surface area contributed by atoms with E-state index in [1.54, 1.807) is 0 Å². The number of rotatable bonds is 3. The predicted molar refractivity (Wildman–Crippen MR) is 73.2 cm³/mol. The molecule has 1 aromatic carbocycles. The molecule has 1 heterocycles. The lowest BCUT2D eigenvalue weighted by molar-refractivity contribution is 0.0148. The highest BCUT2D eigenvalue weighted by Gasteiger charge is 2.21. The van der Waals surface area contributed by atoms with Crippen LogP contribution in [0.4, 0.5) is 0 Å². The van der Waals surface area contributed by atoms with Crippen LogP contribution in [-0.2, 0) is 4.74 Å². The van der Waals surface area contributed by atoms with Gasteiger partial charge in [0.05, 0.1) is 25.4 Å². The largest absolute Gasteiger partial charge is 0.494 e. The second-order valence-corrected chi connectivity index (χ2v) is 5.01.